The van der Waals surface area contributed by atoms with E-state index in [4.69, 9.17) is 5.73 Å². The lowest BCUT2D eigenvalue weighted by atomic mass is 9.52. The summed E-state index contributed by atoms with van der Waals surface area (Å²) in [4.78, 5) is 0. The minimum Gasteiger partial charge on any atom is -0.389 e. The molecule has 2 heteroatoms. The first-order chi connectivity index (χ1) is 6.18. The minimum absolute atomic E-state index is 0.284. The van der Waals surface area contributed by atoms with Crippen molar-refractivity contribution in [2.75, 3.05) is 6.54 Å². The second-order valence-corrected chi connectivity index (χ2v) is 4.98. The maximum absolute atomic E-state index is 10.4. The third-order valence-electron chi connectivity index (χ3n) is 4.35. The van der Waals surface area contributed by atoms with Gasteiger partial charge in [-0.2, -0.15) is 0 Å². The van der Waals surface area contributed by atoms with Gasteiger partial charge in [0, 0.05) is 0 Å². The van der Waals surface area contributed by atoms with Crippen LogP contribution in [0.4, 0.5) is 0 Å². The molecule has 0 radical (unpaired) electrons. The van der Waals surface area contributed by atoms with Crippen molar-refractivity contribution in [3.8, 4) is 0 Å². The van der Waals surface area contributed by atoms with E-state index in [2.05, 4.69) is 6.92 Å². The van der Waals surface area contributed by atoms with E-state index in [1.54, 1.807) is 0 Å². The van der Waals surface area contributed by atoms with Gasteiger partial charge in [0.05, 0.1) is 5.60 Å². The van der Waals surface area contributed by atoms with Crippen LogP contribution in [-0.4, -0.2) is 17.3 Å². The zero-order chi connectivity index (χ0) is 9.47. The van der Waals surface area contributed by atoms with E-state index >= 15 is 0 Å². The van der Waals surface area contributed by atoms with Gasteiger partial charge < -0.3 is 10.8 Å². The number of hydrogen-bond donors (Lipinski definition) is 2. The highest BCUT2D eigenvalue weighted by Gasteiger charge is 2.55. The fourth-order valence-electron chi connectivity index (χ4n) is 3.29. The van der Waals surface area contributed by atoms with Crippen LogP contribution in [0.1, 0.15) is 39.0 Å². The van der Waals surface area contributed by atoms with Crippen molar-refractivity contribution in [3.05, 3.63) is 0 Å². The Labute approximate surface area is 80.5 Å². The average Bonchev–Trinajstić information content (AvgIpc) is 2.15. The van der Waals surface area contributed by atoms with Gasteiger partial charge in [-0.15, -0.1) is 0 Å². The Kier molecular flexibility index (Phi) is 2.37. The molecule has 3 N–H and O–H groups in total. The SMILES string of the molecule is CC(CN)C1(O)CC2CCCCC21. The number of fused-ring (bicyclic) bond motifs is 1. The van der Waals surface area contributed by atoms with E-state index in [-0.39, 0.29) is 5.92 Å². The number of aliphatic hydroxyl groups is 1. The Bertz CT molecular complexity index is 195. The fourth-order valence-corrected chi connectivity index (χ4v) is 3.29. The van der Waals surface area contributed by atoms with Crippen molar-refractivity contribution in [2.45, 2.75) is 44.6 Å². The molecule has 2 aliphatic rings. The van der Waals surface area contributed by atoms with Gasteiger partial charge in [-0.25, -0.2) is 0 Å². The molecule has 0 heterocycles. The van der Waals surface area contributed by atoms with Crippen LogP contribution in [0.3, 0.4) is 0 Å². The maximum Gasteiger partial charge on any atom is 0.0718 e. The molecule has 0 bridgehead atoms. The van der Waals surface area contributed by atoms with Crippen molar-refractivity contribution in [1.82, 2.24) is 0 Å². The molecule has 0 spiro atoms. The highest BCUT2D eigenvalue weighted by molar-refractivity contribution is 5.05. The third kappa shape index (κ3) is 1.31. The summed E-state index contributed by atoms with van der Waals surface area (Å²) >= 11 is 0. The van der Waals surface area contributed by atoms with Crippen LogP contribution in [0.2, 0.25) is 0 Å². The van der Waals surface area contributed by atoms with Gasteiger partial charge in [0.25, 0.3) is 0 Å². The second-order valence-electron chi connectivity index (χ2n) is 4.98. The fraction of sp³-hybridized carbons (Fsp3) is 1.00. The first-order valence-electron chi connectivity index (χ1n) is 5.61. The Morgan fingerprint density at radius 3 is 2.77 bits per heavy atom. The van der Waals surface area contributed by atoms with Gasteiger partial charge in [0.2, 0.25) is 0 Å². The number of rotatable bonds is 2. The van der Waals surface area contributed by atoms with Gasteiger partial charge in [-0.3, -0.25) is 0 Å². The Balaban J connectivity index is 2.02. The first kappa shape index (κ1) is 9.47. The Hall–Kier alpha value is -0.0800. The maximum atomic E-state index is 10.4. The molecule has 0 aliphatic heterocycles. The topological polar surface area (TPSA) is 46.2 Å². The van der Waals surface area contributed by atoms with E-state index in [0.717, 1.165) is 12.3 Å². The normalized spacial score (nSPS) is 46.4. The van der Waals surface area contributed by atoms with Crippen LogP contribution >= 0.6 is 0 Å². The number of hydrogen-bond acceptors (Lipinski definition) is 2. The van der Waals surface area contributed by atoms with Gasteiger partial charge >= 0.3 is 0 Å². The largest absolute Gasteiger partial charge is 0.389 e. The van der Waals surface area contributed by atoms with E-state index in [9.17, 15) is 5.11 Å². The van der Waals surface area contributed by atoms with E-state index in [0.29, 0.717) is 12.5 Å². The molecule has 2 rings (SSSR count). The summed E-state index contributed by atoms with van der Waals surface area (Å²) < 4.78 is 0. The van der Waals surface area contributed by atoms with Crippen molar-refractivity contribution in [1.29, 1.82) is 0 Å². The van der Waals surface area contributed by atoms with Gasteiger partial charge in [0.1, 0.15) is 0 Å². The van der Waals surface area contributed by atoms with Gasteiger partial charge in [-0.05, 0) is 43.6 Å². The molecule has 2 nitrogen and oxygen atoms in total. The monoisotopic (exact) mass is 183 g/mol. The molecule has 0 saturated heterocycles. The predicted octanol–water partition coefficient (Wildman–Crippen LogP) is 1.52. The van der Waals surface area contributed by atoms with Crippen LogP contribution in [0.5, 0.6) is 0 Å². The molecular formula is C11H21NO. The van der Waals surface area contributed by atoms with Gasteiger partial charge in [0.15, 0.2) is 0 Å². The lowest BCUT2D eigenvalue weighted by Gasteiger charge is -2.57. The molecule has 13 heavy (non-hydrogen) atoms. The minimum atomic E-state index is -0.403. The lowest BCUT2D eigenvalue weighted by molar-refractivity contribution is -0.182. The molecule has 0 amide bonds. The van der Waals surface area contributed by atoms with Crippen LogP contribution in [0, 0.1) is 17.8 Å². The van der Waals surface area contributed by atoms with Crippen molar-refractivity contribution in [2.24, 2.45) is 23.5 Å². The summed E-state index contributed by atoms with van der Waals surface area (Å²) in [6.07, 6.45) is 6.25. The molecular weight excluding hydrogens is 162 g/mol. The molecule has 2 saturated carbocycles. The van der Waals surface area contributed by atoms with Crippen molar-refractivity contribution in [3.63, 3.8) is 0 Å². The molecule has 4 atom stereocenters. The van der Waals surface area contributed by atoms with Crippen LogP contribution < -0.4 is 5.73 Å². The van der Waals surface area contributed by atoms with E-state index in [1.807, 2.05) is 0 Å². The zero-order valence-electron chi connectivity index (χ0n) is 8.50. The summed E-state index contributed by atoms with van der Waals surface area (Å²) in [7, 11) is 0. The van der Waals surface area contributed by atoms with E-state index in [1.165, 1.54) is 25.7 Å². The zero-order valence-corrected chi connectivity index (χ0v) is 8.50. The highest BCUT2D eigenvalue weighted by Crippen LogP contribution is 2.54. The van der Waals surface area contributed by atoms with E-state index < -0.39 is 5.60 Å². The molecule has 4 unspecified atom stereocenters. The quantitative estimate of drug-likeness (QED) is 0.682. The summed E-state index contributed by atoms with van der Waals surface area (Å²) in [5.74, 6) is 1.67. The third-order valence-corrected chi connectivity index (χ3v) is 4.35. The van der Waals surface area contributed by atoms with Crippen molar-refractivity contribution >= 4 is 0 Å². The van der Waals surface area contributed by atoms with Crippen LogP contribution in [0.25, 0.3) is 0 Å². The molecule has 0 aromatic heterocycles. The summed E-state index contributed by atoms with van der Waals surface area (Å²) in [6, 6.07) is 0. The lowest BCUT2D eigenvalue weighted by Crippen LogP contribution is -2.60. The number of nitrogens with two attached hydrogens (primary N) is 1. The predicted molar refractivity (Wildman–Crippen MR) is 53.2 cm³/mol. The standard InChI is InChI=1S/C11H21NO/c1-8(7-12)11(13)6-9-4-2-3-5-10(9)11/h8-10,13H,2-7,12H2,1H3. The van der Waals surface area contributed by atoms with Gasteiger partial charge in [-0.1, -0.05) is 19.8 Å². The molecule has 2 aliphatic carbocycles. The summed E-state index contributed by atoms with van der Waals surface area (Å²) in [6.45, 7) is 2.71. The summed E-state index contributed by atoms with van der Waals surface area (Å²) in [5, 5.41) is 10.4. The molecule has 2 fully saturated rings. The molecule has 0 aromatic rings. The first-order valence-corrected chi connectivity index (χ1v) is 5.61. The highest BCUT2D eigenvalue weighted by atomic mass is 16.3. The second kappa shape index (κ2) is 3.25. The average molecular weight is 183 g/mol. The van der Waals surface area contributed by atoms with Crippen molar-refractivity contribution < 1.29 is 5.11 Å². The summed E-state index contributed by atoms with van der Waals surface area (Å²) in [5.41, 5.74) is 5.23. The van der Waals surface area contributed by atoms with Crippen LogP contribution in [0.15, 0.2) is 0 Å². The molecule has 76 valence electrons. The molecule has 0 aromatic carbocycles. The Morgan fingerprint density at radius 1 is 1.46 bits per heavy atom. The van der Waals surface area contributed by atoms with Crippen LogP contribution in [-0.2, 0) is 0 Å². The smallest absolute Gasteiger partial charge is 0.0718 e. The Morgan fingerprint density at radius 2 is 2.15 bits per heavy atom.